The Bertz CT molecular complexity index is 413. The number of pyridine rings is 1. The molecular formula is C15H22N2O. The Morgan fingerprint density at radius 2 is 2.22 bits per heavy atom. The van der Waals surface area contributed by atoms with Crippen LogP contribution in [0, 0.1) is 6.92 Å². The van der Waals surface area contributed by atoms with Crippen LogP contribution in [0.15, 0.2) is 18.3 Å². The van der Waals surface area contributed by atoms with Crippen LogP contribution in [0.3, 0.4) is 0 Å². The molecule has 1 saturated heterocycles. The Labute approximate surface area is 109 Å². The third-order valence-corrected chi connectivity index (χ3v) is 4.28. The fourth-order valence-electron chi connectivity index (χ4n) is 3.39. The first-order valence-corrected chi connectivity index (χ1v) is 7.09. The Balaban J connectivity index is 1.66. The van der Waals surface area contributed by atoms with Crippen molar-refractivity contribution in [2.75, 3.05) is 11.9 Å². The third kappa shape index (κ3) is 2.51. The first-order chi connectivity index (χ1) is 8.76. The fraction of sp³-hybridized carbons (Fsp3) is 0.667. The number of anilines is 1. The molecule has 0 bridgehead atoms. The largest absolute Gasteiger partial charge is 0.382 e. The van der Waals surface area contributed by atoms with Gasteiger partial charge in [-0.2, -0.15) is 0 Å². The smallest absolute Gasteiger partial charge is 0.0702 e. The van der Waals surface area contributed by atoms with E-state index in [-0.39, 0.29) is 5.60 Å². The van der Waals surface area contributed by atoms with Crippen molar-refractivity contribution < 1.29 is 4.74 Å². The van der Waals surface area contributed by atoms with Crippen LogP contribution in [0.1, 0.15) is 44.2 Å². The molecule has 3 rings (SSSR count). The van der Waals surface area contributed by atoms with E-state index >= 15 is 0 Å². The van der Waals surface area contributed by atoms with E-state index in [1.54, 1.807) is 0 Å². The van der Waals surface area contributed by atoms with Crippen molar-refractivity contribution in [2.45, 2.75) is 57.1 Å². The normalized spacial score (nSPS) is 26.4. The molecule has 2 heterocycles. The Morgan fingerprint density at radius 1 is 1.39 bits per heavy atom. The average molecular weight is 246 g/mol. The lowest BCUT2D eigenvalue weighted by atomic mass is 9.89. The molecule has 1 aliphatic heterocycles. The van der Waals surface area contributed by atoms with Gasteiger partial charge in [0.1, 0.15) is 0 Å². The van der Waals surface area contributed by atoms with Gasteiger partial charge < -0.3 is 10.1 Å². The van der Waals surface area contributed by atoms with Crippen LogP contribution in [0.25, 0.3) is 0 Å². The summed E-state index contributed by atoms with van der Waals surface area (Å²) in [5, 5.41) is 3.65. The number of aryl methyl sites for hydroxylation is 1. The first kappa shape index (κ1) is 12.0. The molecule has 1 spiro atoms. The zero-order chi connectivity index (χ0) is 12.4. The molecule has 1 atom stereocenters. The molecule has 1 N–H and O–H groups in total. The number of nitrogens with zero attached hydrogens (tertiary/aromatic N) is 1. The van der Waals surface area contributed by atoms with E-state index in [9.17, 15) is 0 Å². The molecule has 1 saturated carbocycles. The van der Waals surface area contributed by atoms with Gasteiger partial charge in [0.2, 0.25) is 0 Å². The summed E-state index contributed by atoms with van der Waals surface area (Å²) in [5.41, 5.74) is 2.46. The highest BCUT2D eigenvalue weighted by atomic mass is 16.5. The fourth-order valence-corrected chi connectivity index (χ4v) is 3.39. The molecule has 0 radical (unpaired) electrons. The first-order valence-electron chi connectivity index (χ1n) is 7.09. The minimum absolute atomic E-state index is 0.192. The highest BCUT2D eigenvalue weighted by Crippen LogP contribution is 2.40. The number of hydrogen-bond acceptors (Lipinski definition) is 3. The van der Waals surface area contributed by atoms with E-state index < -0.39 is 0 Å². The van der Waals surface area contributed by atoms with E-state index in [0.29, 0.717) is 6.04 Å². The molecule has 0 amide bonds. The summed E-state index contributed by atoms with van der Waals surface area (Å²) in [7, 11) is 0. The second-order valence-corrected chi connectivity index (χ2v) is 5.76. The number of aromatic nitrogens is 1. The van der Waals surface area contributed by atoms with E-state index in [4.69, 9.17) is 4.74 Å². The van der Waals surface area contributed by atoms with Crippen molar-refractivity contribution in [2.24, 2.45) is 0 Å². The quantitative estimate of drug-likeness (QED) is 0.869. The maximum absolute atomic E-state index is 6.07. The molecule has 2 fully saturated rings. The zero-order valence-electron chi connectivity index (χ0n) is 11.1. The molecule has 1 aliphatic carbocycles. The van der Waals surface area contributed by atoms with E-state index in [0.717, 1.165) is 25.1 Å². The second-order valence-electron chi connectivity index (χ2n) is 5.76. The van der Waals surface area contributed by atoms with Gasteiger partial charge >= 0.3 is 0 Å². The number of hydrogen-bond donors (Lipinski definition) is 1. The number of ether oxygens (including phenoxy) is 1. The maximum Gasteiger partial charge on any atom is 0.0702 e. The standard InChI is InChI=1S/C15H22N2O/c1-12-10-13(4-8-16-12)17-14-5-9-18-15(11-14)6-2-3-7-15/h4,8,10,14H,2-3,5-7,9,11H2,1H3,(H,16,17). The molecule has 0 aromatic carbocycles. The summed E-state index contributed by atoms with van der Waals surface area (Å²) in [5.74, 6) is 0. The maximum atomic E-state index is 6.07. The lowest BCUT2D eigenvalue weighted by molar-refractivity contribution is -0.0767. The molecule has 3 nitrogen and oxygen atoms in total. The summed E-state index contributed by atoms with van der Waals surface area (Å²) < 4.78 is 6.07. The van der Waals surface area contributed by atoms with Gasteiger partial charge in [-0.1, -0.05) is 12.8 Å². The lowest BCUT2D eigenvalue weighted by Crippen LogP contribution is -2.42. The summed E-state index contributed by atoms with van der Waals surface area (Å²) in [6, 6.07) is 4.74. The van der Waals surface area contributed by atoms with Gasteiger partial charge in [0.15, 0.2) is 0 Å². The SMILES string of the molecule is Cc1cc(NC2CCOC3(CCCC3)C2)ccn1. The number of rotatable bonds is 2. The van der Waals surface area contributed by atoms with Crippen LogP contribution in [0.5, 0.6) is 0 Å². The minimum atomic E-state index is 0.192. The molecule has 3 heteroatoms. The van der Waals surface area contributed by atoms with E-state index in [1.165, 1.54) is 31.4 Å². The summed E-state index contributed by atoms with van der Waals surface area (Å²) in [6.45, 7) is 2.94. The molecule has 18 heavy (non-hydrogen) atoms. The Kier molecular flexibility index (Phi) is 3.25. The molecular weight excluding hydrogens is 224 g/mol. The molecule has 98 valence electrons. The topological polar surface area (TPSA) is 34.1 Å². The van der Waals surface area contributed by atoms with Gasteiger partial charge in [0.25, 0.3) is 0 Å². The van der Waals surface area contributed by atoms with Crippen LogP contribution in [-0.4, -0.2) is 23.2 Å². The lowest BCUT2D eigenvalue weighted by Gasteiger charge is -2.39. The highest BCUT2D eigenvalue weighted by molar-refractivity contribution is 5.44. The van der Waals surface area contributed by atoms with Crippen molar-refractivity contribution in [3.05, 3.63) is 24.0 Å². The minimum Gasteiger partial charge on any atom is -0.382 e. The Hall–Kier alpha value is -1.09. The van der Waals surface area contributed by atoms with Gasteiger partial charge in [-0.15, -0.1) is 0 Å². The zero-order valence-corrected chi connectivity index (χ0v) is 11.1. The summed E-state index contributed by atoms with van der Waals surface area (Å²) >= 11 is 0. The van der Waals surface area contributed by atoms with Crippen molar-refractivity contribution in [1.82, 2.24) is 4.98 Å². The van der Waals surface area contributed by atoms with Crippen LogP contribution in [0.4, 0.5) is 5.69 Å². The Morgan fingerprint density at radius 3 is 3.00 bits per heavy atom. The monoisotopic (exact) mass is 246 g/mol. The van der Waals surface area contributed by atoms with Crippen LogP contribution >= 0.6 is 0 Å². The van der Waals surface area contributed by atoms with Gasteiger partial charge in [-0.3, -0.25) is 4.98 Å². The molecule has 2 aliphatic rings. The van der Waals surface area contributed by atoms with Crippen molar-refractivity contribution >= 4 is 5.69 Å². The molecule has 1 unspecified atom stereocenters. The van der Waals surface area contributed by atoms with E-state index in [1.807, 2.05) is 13.1 Å². The van der Waals surface area contributed by atoms with Gasteiger partial charge in [-0.25, -0.2) is 0 Å². The highest BCUT2D eigenvalue weighted by Gasteiger charge is 2.39. The van der Waals surface area contributed by atoms with Crippen molar-refractivity contribution in [3.8, 4) is 0 Å². The average Bonchev–Trinajstić information content (AvgIpc) is 2.77. The van der Waals surface area contributed by atoms with Crippen LogP contribution in [-0.2, 0) is 4.74 Å². The summed E-state index contributed by atoms with van der Waals surface area (Å²) in [6.07, 6.45) is 9.32. The predicted octanol–water partition coefficient (Wildman–Crippen LogP) is 3.29. The van der Waals surface area contributed by atoms with Crippen molar-refractivity contribution in [3.63, 3.8) is 0 Å². The number of nitrogens with one attached hydrogen (secondary N) is 1. The van der Waals surface area contributed by atoms with Crippen molar-refractivity contribution in [1.29, 1.82) is 0 Å². The van der Waals surface area contributed by atoms with Gasteiger partial charge in [0.05, 0.1) is 5.60 Å². The molecule has 1 aromatic rings. The van der Waals surface area contributed by atoms with Crippen LogP contribution < -0.4 is 5.32 Å². The van der Waals surface area contributed by atoms with Gasteiger partial charge in [-0.05, 0) is 44.7 Å². The summed E-state index contributed by atoms with van der Waals surface area (Å²) in [4.78, 5) is 4.24. The van der Waals surface area contributed by atoms with Gasteiger partial charge in [0, 0.05) is 30.2 Å². The van der Waals surface area contributed by atoms with Crippen LogP contribution in [0.2, 0.25) is 0 Å². The third-order valence-electron chi connectivity index (χ3n) is 4.28. The predicted molar refractivity (Wildman–Crippen MR) is 72.8 cm³/mol. The second kappa shape index (κ2) is 4.88. The van der Waals surface area contributed by atoms with E-state index in [2.05, 4.69) is 22.4 Å². The molecule has 1 aromatic heterocycles.